The Labute approximate surface area is 142 Å². The topological polar surface area (TPSA) is 75.6 Å². The van der Waals surface area contributed by atoms with Crippen LogP contribution in [0.25, 0.3) is 0 Å². The third kappa shape index (κ3) is 3.38. The van der Waals surface area contributed by atoms with Crippen molar-refractivity contribution in [3.8, 4) is 0 Å². The fourth-order valence-corrected chi connectivity index (χ4v) is 2.50. The predicted octanol–water partition coefficient (Wildman–Crippen LogP) is 3.52. The first-order chi connectivity index (χ1) is 11.0. The molecule has 3 rings (SSSR count). The predicted molar refractivity (Wildman–Crippen MR) is 89.1 cm³/mol. The molecule has 8 heteroatoms. The lowest BCUT2D eigenvalue weighted by Crippen LogP contribution is -2.14. The minimum atomic E-state index is -0.394. The Balaban J connectivity index is 1.77. The number of halogens is 2. The van der Waals surface area contributed by atoms with Crippen LogP contribution in [0.15, 0.2) is 36.5 Å². The number of H-pyrrole nitrogens is 1. The highest BCUT2D eigenvalue weighted by atomic mass is 35.5. The summed E-state index contributed by atoms with van der Waals surface area (Å²) in [6.07, 6.45) is 1.37. The van der Waals surface area contributed by atoms with Gasteiger partial charge in [0.1, 0.15) is 5.69 Å². The molecule has 0 unspecified atom stereocenters. The Bertz CT molecular complexity index is 855. The molecule has 0 radical (unpaired) electrons. The van der Waals surface area contributed by atoms with E-state index in [0.717, 1.165) is 11.3 Å². The Hall–Kier alpha value is -2.31. The zero-order valence-electron chi connectivity index (χ0n) is 12.2. The quantitative estimate of drug-likeness (QED) is 0.756. The summed E-state index contributed by atoms with van der Waals surface area (Å²) in [5.41, 5.74) is 2.05. The number of aromatic amines is 1. The van der Waals surface area contributed by atoms with Gasteiger partial charge < -0.3 is 5.32 Å². The molecule has 0 spiro atoms. The van der Waals surface area contributed by atoms with Crippen LogP contribution in [-0.4, -0.2) is 25.9 Å². The van der Waals surface area contributed by atoms with Crippen molar-refractivity contribution in [2.45, 2.75) is 13.5 Å². The highest BCUT2D eigenvalue weighted by Crippen LogP contribution is 2.19. The van der Waals surface area contributed by atoms with Crippen molar-refractivity contribution in [3.63, 3.8) is 0 Å². The summed E-state index contributed by atoms with van der Waals surface area (Å²) in [6, 6.07) is 9.34. The van der Waals surface area contributed by atoms with Gasteiger partial charge in [-0.15, -0.1) is 0 Å². The van der Waals surface area contributed by atoms with E-state index in [-0.39, 0.29) is 10.7 Å². The van der Waals surface area contributed by atoms with E-state index in [4.69, 9.17) is 23.2 Å². The van der Waals surface area contributed by atoms with Crippen molar-refractivity contribution >= 4 is 34.9 Å². The van der Waals surface area contributed by atoms with Gasteiger partial charge in [0, 0.05) is 16.8 Å². The van der Waals surface area contributed by atoms with Crippen molar-refractivity contribution < 1.29 is 4.79 Å². The highest BCUT2D eigenvalue weighted by molar-refractivity contribution is 6.34. The molecule has 6 nitrogen and oxygen atoms in total. The second-order valence-corrected chi connectivity index (χ2v) is 5.78. The number of hydrogen-bond acceptors (Lipinski definition) is 3. The molecular formula is C15H13Cl2N5O. The van der Waals surface area contributed by atoms with Crippen LogP contribution in [0.2, 0.25) is 10.0 Å². The van der Waals surface area contributed by atoms with Gasteiger partial charge in [-0.3, -0.25) is 14.6 Å². The molecular weight excluding hydrogens is 337 g/mol. The number of anilines is 1. The Morgan fingerprint density at radius 1 is 1.30 bits per heavy atom. The summed E-state index contributed by atoms with van der Waals surface area (Å²) in [6.45, 7) is 2.43. The molecule has 0 aliphatic heterocycles. The first kappa shape index (κ1) is 15.6. The zero-order valence-corrected chi connectivity index (χ0v) is 13.7. The number of nitrogens with one attached hydrogen (secondary N) is 2. The number of nitrogens with zero attached hydrogens (tertiary/aromatic N) is 3. The van der Waals surface area contributed by atoms with Crippen LogP contribution in [0.3, 0.4) is 0 Å². The third-order valence-corrected chi connectivity index (χ3v) is 3.98. The number of amides is 1. The lowest BCUT2D eigenvalue weighted by molar-refractivity contribution is 0.102. The number of benzene rings is 1. The van der Waals surface area contributed by atoms with Crippen molar-refractivity contribution in [2.24, 2.45) is 0 Å². The van der Waals surface area contributed by atoms with Crippen LogP contribution < -0.4 is 5.32 Å². The maximum absolute atomic E-state index is 12.1. The van der Waals surface area contributed by atoms with Gasteiger partial charge in [0.2, 0.25) is 0 Å². The largest absolute Gasteiger partial charge is 0.304 e. The van der Waals surface area contributed by atoms with E-state index in [2.05, 4.69) is 20.6 Å². The smallest absolute Gasteiger partial charge is 0.276 e. The molecule has 0 saturated heterocycles. The maximum Gasteiger partial charge on any atom is 0.276 e. The maximum atomic E-state index is 12.1. The molecule has 2 heterocycles. The van der Waals surface area contributed by atoms with Crippen LogP contribution >= 0.6 is 23.2 Å². The lowest BCUT2D eigenvalue weighted by Gasteiger charge is -2.06. The average Bonchev–Trinajstić information content (AvgIpc) is 3.08. The normalized spacial score (nSPS) is 10.7. The molecule has 118 valence electrons. The Morgan fingerprint density at radius 2 is 2.09 bits per heavy atom. The average molecular weight is 350 g/mol. The molecule has 0 bridgehead atoms. The summed E-state index contributed by atoms with van der Waals surface area (Å²) in [7, 11) is 0. The van der Waals surface area contributed by atoms with E-state index in [1.165, 1.54) is 6.20 Å². The van der Waals surface area contributed by atoms with Crippen LogP contribution in [0.5, 0.6) is 0 Å². The highest BCUT2D eigenvalue weighted by Gasteiger charge is 2.15. The summed E-state index contributed by atoms with van der Waals surface area (Å²) in [5, 5.41) is 14.3. The van der Waals surface area contributed by atoms with Gasteiger partial charge in [-0.05, 0) is 18.6 Å². The minimum Gasteiger partial charge on any atom is -0.304 e. The van der Waals surface area contributed by atoms with Gasteiger partial charge in [-0.1, -0.05) is 41.4 Å². The number of carbonyl (C=O) groups excluding carboxylic acids is 1. The van der Waals surface area contributed by atoms with E-state index in [1.807, 2.05) is 31.2 Å². The fraction of sp³-hybridized carbons (Fsp3) is 0.133. The van der Waals surface area contributed by atoms with Crippen LogP contribution in [0.1, 0.15) is 21.7 Å². The second kappa shape index (κ2) is 6.44. The van der Waals surface area contributed by atoms with Gasteiger partial charge in [0.25, 0.3) is 5.91 Å². The number of rotatable bonds is 4. The lowest BCUT2D eigenvalue weighted by atomic mass is 10.2. The van der Waals surface area contributed by atoms with Crippen LogP contribution in [-0.2, 0) is 6.54 Å². The number of hydrogen-bond donors (Lipinski definition) is 2. The summed E-state index contributed by atoms with van der Waals surface area (Å²) in [4.78, 5) is 12.1. The summed E-state index contributed by atoms with van der Waals surface area (Å²) < 4.78 is 1.77. The minimum absolute atomic E-state index is 0.199. The van der Waals surface area contributed by atoms with Crippen LogP contribution in [0, 0.1) is 6.92 Å². The monoisotopic (exact) mass is 349 g/mol. The van der Waals surface area contributed by atoms with Crippen molar-refractivity contribution in [3.05, 3.63) is 63.5 Å². The van der Waals surface area contributed by atoms with Gasteiger partial charge in [0.05, 0.1) is 17.8 Å². The molecule has 0 atom stereocenters. The molecule has 1 aromatic carbocycles. The van der Waals surface area contributed by atoms with Crippen molar-refractivity contribution in [2.75, 3.05) is 5.32 Å². The number of carbonyl (C=O) groups is 1. The molecule has 1 amide bonds. The molecule has 2 N–H and O–H groups in total. The first-order valence-electron chi connectivity index (χ1n) is 6.82. The van der Waals surface area contributed by atoms with Gasteiger partial charge in [-0.2, -0.15) is 10.2 Å². The van der Waals surface area contributed by atoms with E-state index >= 15 is 0 Å². The molecule has 3 aromatic rings. The molecule has 2 aromatic heterocycles. The molecule has 0 fully saturated rings. The second-order valence-electron chi connectivity index (χ2n) is 4.97. The SMILES string of the molecule is Cc1cc(NC(=O)c2[nH]ncc2Cl)nn1Cc1ccccc1Cl. The van der Waals surface area contributed by atoms with E-state index < -0.39 is 5.91 Å². The fourth-order valence-electron chi connectivity index (χ4n) is 2.13. The van der Waals surface area contributed by atoms with Gasteiger partial charge in [0.15, 0.2) is 5.82 Å². The number of aryl methyl sites for hydroxylation is 1. The number of aromatic nitrogens is 4. The zero-order chi connectivity index (χ0) is 16.4. The van der Waals surface area contributed by atoms with Crippen molar-refractivity contribution in [1.29, 1.82) is 0 Å². The van der Waals surface area contributed by atoms with Gasteiger partial charge >= 0.3 is 0 Å². The van der Waals surface area contributed by atoms with Crippen molar-refractivity contribution in [1.82, 2.24) is 20.0 Å². The van der Waals surface area contributed by atoms with E-state index in [0.29, 0.717) is 17.4 Å². The standard InChI is InChI=1S/C15H13Cl2N5O/c1-9-6-13(19-15(23)14-12(17)7-18-20-14)21-22(9)8-10-4-2-3-5-11(10)16/h2-7H,8H2,1H3,(H,18,20)(H,19,21,23). The third-order valence-electron chi connectivity index (χ3n) is 3.32. The summed E-state index contributed by atoms with van der Waals surface area (Å²) >= 11 is 12.0. The Kier molecular flexibility index (Phi) is 4.36. The van der Waals surface area contributed by atoms with Gasteiger partial charge in [-0.25, -0.2) is 0 Å². The molecule has 0 aliphatic carbocycles. The van der Waals surface area contributed by atoms with Crippen LogP contribution in [0.4, 0.5) is 5.82 Å². The van der Waals surface area contributed by atoms with E-state index in [1.54, 1.807) is 10.7 Å². The Morgan fingerprint density at radius 3 is 2.78 bits per heavy atom. The first-order valence-corrected chi connectivity index (χ1v) is 7.58. The molecule has 23 heavy (non-hydrogen) atoms. The molecule has 0 aliphatic rings. The van der Waals surface area contributed by atoms with E-state index in [9.17, 15) is 4.79 Å². The summed E-state index contributed by atoms with van der Waals surface area (Å²) in [5.74, 6) is 0.0418. The molecule has 0 saturated carbocycles.